The number of aliphatic carboxylic acids is 1. The van der Waals surface area contributed by atoms with Crippen LogP contribution in [0.3, 0.4) is 0 Å². The largest absolute Gasteiger partial charge is 0.480 e. The molecule has 9 nitrogen and oxygen atoms in total. The van der Waals surface area contributed by atoms with Crippen LogP contribution in [0, 0.1) is 10.1 Å². The molecule has 0 radical (unpaired) electrons. The zero-order valence-corrected chi connectivity index (χ0v) is 9.57. The molecule has 1 atom stereocenters. The van der Waals surface area contributed by atoms with E-state index in [1.807, 2.05) is 0 Å². The van der Waals surface area contributed by atoms with E-state index in [0.717, 1.165) is 6.20 Å². The molecule has 0 saturated carbocycles. The van der Waals surface area contributed by atoms with E-state index < -0.39 is 22.8 Å². The minimum Gasteiger partial charge on any atom is -0.480 e. The summed E-state index contributed by atoms with van der Waals surface area (Å²) in [5.41, 5.74) is -0.158. The third-order valence-electron chi connectivity index (χ3n) is 2.15. The fourth-order valence-corrected chi connectivity index (χ4v) is 1.16. The Labute approximate surface area is 102 Å². The maximum Gasteiger partial charge on any atom is 0.325 e. The third-order valence-corrected chi connectivity index (χ3v) is 2.15. The van der Waals surface area contributed by atoms with Crippen LogP contribution in [0.5, 0.6) is 0 Å². The number of rotatable bonds is 6. The fourth-order valence-electron chi connectivity index (χ4n) is 1.16. The normalized spacial score (nSPS) is 11.8. The molecule has 98 valence electrons. The highest BCUT2D eigenvalue weighted by atomic mass is 16.6. The van der Waals surface area contributed by atoms with Gasteiger partial charge in [-0.05, 0) is 6.92 Å². The number of carboxylic acid groups (broad SMARTS) is 1. The maximum atomic E-state index is 11.3. The van der Waals surface area contributed by atoms with Crippen molar-refractivity contribution in [2.24, 2.45) is 0 Å². The lowest BCUT2D eigenvalue weighted by Gasteiger charge is -2.08. The van der Waals surface area contributed by atoms with Gasteiger partial charge in [0.2, 0.25) is 5.91 Å². The van der Waals surface area contributed by atoms with Crippen LogP contribution in [-0.4, -0.2) is 37.7 Å². The highest BCUT2D eigenvalue weighted by molar-refractivity contribution is 5.83. The van der Waals surface area contributed by atoms with Gasteiger partial charge in [0.1, 0.15) is 18.4 Å². The standard InChI is InChI=1S/C9H12N4O5/c1-6(9(15)16)11-8(14)2-3-12-5-7(4-10-12)13(17)18/h4-6H,2-3H2,1H3,(H,11,14)(H,15,16)/t6-/m1/s1. The van der Waals surface area contributed by atoms with Crippen molar-refractivity contribution in [3.05, 3.63) is 22.5 Å². The van der Waals surface area contributed by atoms with E-state index in [4.69, 9.17) is 5.11 Å². The van der Waals surface area contributed by atoms with E-state index >= 15 is 0 Å². The number of carbonyl (C=O) groups is 2. The van der Waals surface area contributed by atoms with Gasteiger partial charge in [-0.2, -0.15) is 5.10 Å². The highest BCUT2D eigenvalue weighted by Gasteiger charge is 2.14. The number of nitro groups is 1. The number of hydrogen-bond donors (Lipinski definition) is 2. The van der Waals surface area contributed by atoms with Crippen molar-refractivity contribution < 1.29 is 19.6 Å². The van der Waals surface area contributed by atoms with Gasteiger partial charge in [0.05, 0.1) is 4.92 Å². The molecule has 0 unspecified atom stereocenters. The Morgan fingerprint density at radius 3 is 2.83 bits per heavy atom. The summed E-state index contributed by atoms with van der Waals surface area (Å²) >= 11 is 0. The molecule has 1 heterocycles. The molecule has 0 spiro atoms. The van der Waals surface area contributed by atoms with Crippen molar-refractivity contribution in [2.75, 3.05) is 0 Å². The SMILES string of the molecule is C[C@@H](NC(=O)CCn1cc([N+](=O)[O-])cn1)C(=O)O. The van der Waals surface area contributed by atoms with Crippen LogP contribution >= 0.6 is 0 Å². The Morgan fingerprint density at radius 2 is 2.33 bits per heavy atom. The second-order valence-electron chi connectivity index (χ2n) is 3.60. The number of aromatic nitrogens is 2. The maximum absolute atomic E-state index is 11.3. The highest BCUT2D eigenvalue weighted by Crippen LogP contribution is 2.07. The number of amides is 1. The van der Waals surface area contributed by atoms with Crippen molar-refractivity contribution in [3.63, 3.8) is 0 Å². The molecule has 1 aromatic heterocycles. The molecule has 1 aromatic rings. The quantitative estimate of drug-likeness (QED) is 0.534. The Morgan fingerprint density at radius 1 is 1.67 bits per heavy atom. The zero-order chi connectivity index (χ0) is 13.7. The van der Waals surface area contributed by atoms with Crippen LogP contribution in [0.2, 0.25) is 0 Å². The Balaban J connectivity index is 2.42. The van der Waals surface area contributed by atoms with E-state index in [1.165, 1.54) is 17.8 Å². The first-order valence-electron chi connectivity index (χ1n) is 5.09. The number of aryl methyl sites for hydroxylation is 1. The summed E-state index contributed by atoms with van der Waals surface area (Å²) in [7, 11) is 0. The van der Waals surface area contributed by atoms with Crippen molar-refractivity contribution in [2.45, 2.75) is 25.9 Å². The second-order valence-corrected chi connectivity index (χ2v) is 3.60. The van der Waals surface area contributed by atoms with E-state index in [-0.39, 0.29) is 18.7 Å². The Kier molecular flexibility index (Phi) is 4.35. The summed E-state index contributed by atoms with van der Waals surface area (Å²) in [5.74, 6) is -1.58. The number of nitrogens with one attached hydrogen (secondary N) is 1. The lowest BCUT2D eigenvalue weighted by atomic mass is 10.3. The molecule has 0 saturated heterocycles. The van der Waals surface area contributed by atoms with Crippen LogP contribution < -0.4 is 5.32 Å². The molecule has 0 aromatic carbocycles. The van der Waals surface area contributed by atoms with E-state index in [9.17, 15) is 19.7 Å². The van der Waals surface area contributed by atoms with Crippen molar-refractivity contribution in [1.82, 2.24) is 15.1 Å². The topological polar surface area (TPSA) is 127 Å². The Hall–Kier alpha value is -2.45. The van der Waals surface area contributed by atoms with E-state index in [1.54, 1.807) is 0 Å². The monoisotopic (exact) mass is 256 g/mol. The predicted octanol–water partition coefficient (Wildman–Crippen LogP) is -0.229. The minimum absolute atomic E-state index is 0.00352. The van der Waals surface area contributed by atoms with Gasteiger partial charge in [-0.15, -0.1) is 0 Å². The summed E-state index contributed by atoms with van der Waals surface area (Å²) in [4.78, 5) is 31.6. The van der Waals surface area contributed by atoms with Gasteiger partial charge in [-0.25, -0.2) is 0 Å². The summed E-state index contributed by atoms with van der Waals surface area (Å²) < 4.78 is 1.25. The number of hydrogen-bond acceptors (Lipinski definition) is 5. The summed E-state index contributed by atoms with van der Waals surface area (Å²) in [6.07, 6.45) is 2.28. The first kappa shape index (κ1) is 13.6. The molecule has 0 fully saturated rings. The molecule has 9 heteroatoms. The van der Waals surface area contributed by atoms with Crippen LogP contribution in [0.25, 0.3) is 0 Å². The lowest BCUT2D eigenvalue weighted by Crippen LogP contribution is -2.38. The molecule has 0 aliphatic carbocycles. The number of carboxylic acids is 1. The van der Waals surface area contributed by atoms with Gasteiger partial charge >= 0.3 is 11.7 Å². The Bertz CT molecular complexity index is 469. The first-order chi connectivity index (χ1) is 8.40. The number of carbonyl (C=O) groups excluding carboxylic acids is 1. The molecule has 0 aliphatic rings. The third kappa shape index (κ3) is 3.85. The van der Waals surface area contributed by atoms with Crippen molar-refractivity contribution >= 4 is 17.6 Å². The molecular formula is C9H12N4O5. The molecule has 1 rings (SSSR count). The van der Waals surface area contributed by atoms with Crippen molar-refractivity contribution in [3.8, 4) is 0 Å². The summed E-state index contributed by atoms with van der Waals surface area (Å²) in [6, 6.07) is -0.968. The zero-order valence-electron chi connectivity index (χ0n) is 9.57. The average molecular weight is 256 g/mol. The average Bonchev–Trinajstić information content (AvgIpc) is 2.74. The van der Waals surface area contributed by atoms with E-state index in [2.05, 4.69) is 10.4 Å². The van der Waals surface area contributed by atoms with Gasteiger partial charge < -0.3 is 10.4 Å². The molecule has 18 heavy (non-hydrogen) atoms. The predicted molar refractivity (Wildman–Crippen MR) is 58.7 cm³/mol. The summed E-state index contributed by atoms with van der Waals surface area (Å²) in [5, 5.41) is 24.9. The van der Waals surface area contributed by atoms with Gasteiger partial charge in [-0.3, -0.25) is 24.4 Å². The van der Waals surface area contributed by atoms with Gasteiger partial charge in [-0.1, -0.05) is 0 Å². The van der Waals surface area contributed by atoms with Crippen LogP contribution in [-0.2, 0) is 16.1 Å². The number of nitrogens with zero attached hydrogens (tertiary/aromatic N) is 3. The molecule has 1 amide bonds. The van der Waals surface area contributed by atoms with Gasteiger partial charge in [0.25, 0.3) is 0 Å². The van der Waals surface area contributed by atoms with Gasteiger partial charge in [0, 0.05) is 13.0 Å². The minimum atomic E-state index is -1.13. The molecular weight excluding hydrogens is 244 g/mol. The second kappa shape index (κ2) is 5.75. The fraction of sp³-hybridized carbons (Fsp3) is 0.444. The smallest absolute Gasteiger partial charge is 0.325 e. The molecule has 0 bridgehead atoms. The van der Waals surface area contributed by atoms with Crippen LogP contribution in [0.15, 0.2) is 12.4 Å². The van der Waals surface area contributed by atoms with Crippen molar-refractivity contribution in [1.29, 1.82) is 0 Å². The van der Waals surface area contributed by atoms with Crippen LogP contribution in [0.4, 0.5) is 5.69 Å². The lowest BCUT2D eigenvalue weighted by molar-refractivity contribution is -0.385. The summed E-state index contributed by atoms with van der Waals surface area (Å²) in [6.45, 7) is 1.49. The molecule has 2 N–H and O–H groups in total. The van der Waals surface area contributed by atoms with E-state index in [0.29, 0.717) is 0 Å². The molecule has 0 aliphatic heterocycles. The van der Waals surface area contributed by atoms with Gasteiger partial charge in [0.15, 0.2) is 0 Å². The van der Waals surface area contributed by atoms with Crippen LogP contribution in [0.1, 0.15) is 13.3 Å². The first-order valence-corrected chi connectivity index (χ1v) is 5.09.